The van der Waals surface area contributed by atoms with E-state index in [1.165, 1.54) is 36.4 Å². The lowest BCUT2D eigenvalue weighted by Gasteiger charge is -2.14. The van der Waals surface area contributed by atoms with Crippen LogP contribution in [0.2, 0.25) is 0 Å². The van der Waals surface area contributed by atoms with E-state index in [1.807, 2.05) is 26.0 Å². The highest BCUT2D eigenvalue weighted by molar-refractivity contribution is 6.34. The third-order valence-corrected chi connectivity index (χ3v) is 6.62. The van der Waals surface area contributed by atoms with Crippen LogP contribution in [0.25, 0.3) is 0 Å². The molecule has 0 radical (unpaired) electrons. The van der Waals surface area contributed by atoms with Crippen molar-refractivity contribution in [1.29, 1.82) is 0 Å². The van der Waals surface area contributed by atoms with Gasteiger partial charge < -0.3 is 5.32 Å². The Hall–Kier alpha value is -5.44. The van der Waals surface area contributed by atoms with E-state index >= 15 is 0 Å². The minimum atomic E-state index is -0.601. The Morgan fingerprint density at radius 3 is 2.13 bits per heavy atom. The fraction of sp³-hybridized carbons (Fsp3) is 0.0667. The minimum absolute atomic E-state index is 0.0733. The van der Waals surface area contributed by atoms with Crippen LogP contribution in [0, 0.1) is 24.0 Å². The molecule has 5 rings (SSSR count). The van der Waals surface area contributed by atoms with Gasteiger partial charge in [0.2, 0.25) is 0 Å². The molecule has 1 heterocycles. The molecule has 9 nitrogen and oxygen atoms in total. The molecule has 0 spiro atoms. The van der Waals surface area contributed by atoms with E-state index in [4.69, 9.17) is 0 Å². The monoisotopic (exact) mass is 519 g/mol. The first kappa shape index (κ1) is 25.2. The van der Waals surface area contributed by atoms with E-state index in [9.17, 15) is 29.3 Å². The van der Waals surface area contributed by atoms with Gasteiger partial charge in [-0.05, 0) is 79.6 Å². The van der Waals surface area contributed by atoms with E-state index in [0.717, 1.165) is 22.1 Å². The fourth-order valence-electron chi connectivity index (χ4n) is 4.33. The van der Waals surface area contributed by atoms with Crippen LogP contribution < -0.4 is 10.2 Å². The van der Waals surface area contributed by atoms with Crippen LogP contribution >= 0.6 is 0 Å². The van der Waals surface area contributed by atoms with Gasteiger partial charge in [0.25, 0.3) is 23.4 Å². The summed E-state index contributed by atoms with van der Waals surface area (Å²) in [5, 5.41) is 13.6. The molecule has 0 bridgehead atoms. The van der Waals surface area contributed by atoms with Gasteiger partial charge in [0.1, 0.15) is 0 Å². The first-order chi connectivity index (χ1) is 18.6. The molecule has 1 aliphatic rings. The Morgan fingerprint density at radius 2 is 1.44 bits per heavy atom. The van der Waals surface area contributed by atoms with Crippen molar-refractivity contribution < 1.29 is 24.1 Å². The maximum absolute atomic E-state index is 13.2. The van der Waals surface area contributed by atoms with Crippen molar-refractivity contribution in [2.75, 3.05) is 10.2 Å². The van der Waals surface area contributed by atoms with Crippen molar-refractivity contribution in [1.82, 2.24) is 0 Å². The number of hydrogen-bond donors (Lipinski definition) is 1. The number of fused-ring (bicyclic) bond motifs is 1. The summed E-state index contributed by atoms with van der Waals surface area (Å²) in [6, 6.07) is 21.3. The number of carbonyl (C=O) groups excluding carboxylic acids is 4. The first-order valence-corrected chi connectivity index (χ1v) is 11.9. The smallest absolute Gasteiger partial charge is 0.270 e. The van der Waals surface area contributed by atoms with Crippen LogP contribution in [0.5, 0.6) is 0 Å². The molecule has 192 valence electrons. The van der Waals surface area contributed by atoms with Crippen molar-refractivity contribution in [2.45, 2.75) is 13.8 Å². The van der Waals surface area contributed by atoms with Gasteiger partial charge in [0.05, 0.1) is 21.7 Å². The van der Waals surface area contributed by atoms with Gasteiger partial charge >= 0.3 is 0 Å². The zero-order valence-electron chi connectivity index (χ0n) is 20.9. The number of rotatable bonds is 6. The molecular formula is C30H21N3O6. The van der Waals surface area contributed by atoms with Crippen LogP contribution in [-0.2, 0) is 0 Å². The van der Waals surface area contributed by atoms with Crippen molar-refractivity contribution in [3.63, 3.8) is 0 Å². The normalized spacial score (nSPS) is 12.3. The number of nitro benzene ring substituents is 1. The molecule has 9 heteroatoms. The average Bonchev–Trinajstić information content (AvgIpc) is 3.18. The van der Waals surface area contributed by atoms with Gasteiger partial charge in [-0.2, -0.15) is 0 Å². The number of nitrogens with zero attached hydrogens (tertiary/aromatic N) is 2. The number of anilines is 2. The average molecular weight is 520 g/mol. The highest BCUT2D eigenvalue weighted by Gasteiger charge is 2.37. The largest absolute Gasteiger partial charge is 0.322 e. The van der Waals surface area contributed by atoms with Gasteiger partial charge in [-0.1, -0.05) is 18.2 Å². The highest BCUT2D eigenvalue weighted by atomic mass is 16.6. The summed E-state index contributed by atoms with van der Waals surface area (Å²) in [5.74, 6) is -1.87. The van der Waals surface area contributed by atoms with Crippen LogP contribution in [0.15, 0.2) is 84.9 Å². The lowest BCUT2D eigenvalue weighted by molar-refractivity contribution is -0.384. The van der Waals surface area contributed by atoms with Crippen LogP contribution in [0.3, 0.4) is 0 Å². The summed E-state index contributed by atoms with van der Waals surface area (Å²) < 4.78 is 0. The number of nitro groups is 1. The second-order valence-electron chi connectivity index (χ2n) is 9.14. The summed E-state index contributed by atoms with van der Waals surface area (Å²) in [6.45, 7) is 3.90. The zero-order valence-corrected chi connectivity index (χ0v) is 20.9. The second kappa shape index (κ2) is 9.79. The van der Waals surface area contributed by atoms with Gasteiger partial charge in [0, 0.05) is 34.5 Å². The Morgan fingerprint density at radius 1 is 0.744 bits per heavy atom. The third-order valence-electron chi connectivity index (χ3n) is 6.62. The molecule has 1 N–H and O–H groups in total. The summed E-state index contributed by atoms with van der Waals surface area (Å²) in [5.41, 5.74) is 3.73. The molecular weight excluding hydrogens is 498 g/mol. The predicted octanol–water partition coefficient (Wildman–Crippen LogP) is 5.50. The van der Waals surface area contributed by atoms with Crippen molar-refractivity contribution in [3.05, 3.63) is 134 Å². The topological polar surface area (TPSA) is 127 Å². The number of ketones is 1. The van der Waals surface area contributed by atoms with E-state index in [0.29, 0.717) is 16.8 Å². The quantitative estimate of drug-likeness (QED) is 0.155. The Labute approximate surface area is 222 Å². The number of amides is 3. The number of non-ortho nitro benzene ring substituents is 1. The number of imide groups is 1. The molecule has 0 atom stereocenters. The van der Waals surface area contributed by atoms with E-state index in [-0.39, 0.29) is 33.8 Å². The van der Waals surface area contributed by atoms with Gasteiger partial charge in [0.15, 0.2) is 5.78 Å². The van der Waals surface area contributed by atoms with E-state index in [2.05, 4.69) is 5.32 Å². The SMILES string of the molecule is Cc1ccc(C(=O)c2ccc(N3C(=O)c4ccc(NC(=O)c5cccc([N+](=O)[O-])c5)cc4C3=O)cc2)cc1C. The predicted molar refractivity (Wildman–Crippen MR) is 144 cm³/mol. The minimum Gasteiger partial charge on any atom is -0.322 e. The standard InChI is InChI=1S/C30H21N3O6/c1-17-6-7-20(14-18(17)2)27(34)19-8-11-23(12-9-19)32-29(36)25-13-10-22(16-26(25)30(32)37)31-28(35)21-4-3-5-24(15-21)33(38)39/h3-16H,1-2H3,(H,31,35). The first-order valence-electron chi connectivity index (χ1n) is 11.9. The summed E-state index contributed by atoms with van der Waals surface area (Å²) in [7, 11) is 0. The highest BCUT2D eigenvalue weighted by Crippen LogP contribution is 2.31. The molecule has 4 aromatic rings. The van der Waals surface area contributed by atoms with Gasteiger partial charge in [-0.3, -0.25) is 29.3 Å². The lowest BCUT2D eigenvalue weighted by Crippen LogP contribution is -2.29. The van der Waals surface area contributed by atoms with Crippen LogP contribution in [-0.4, -0.2) is 28.4 Å². The molecule has 39 heavy (non-hydrogen) atoms. The molecule has 0 aromatic heterocycles. The van der Waals surface area contributed by atoms with E-state index < -0.39 is 22.6 Å². The zero-order chi connectivity index (χ0) is 27.8. The molecule has 0 fully saturated rings. The molecule has 4 aromatic carbocycles. The number of hydrogen-bond acceptors (Lipinski definition) is 6. The summed E-state index contributed by atoms with van der Waals surface area (Å²) >= 11 is 0. The maximum Gasteiger partial charge on any atom is 0.270 e. The number of carbonyl (C=O) groups is 4. The van der Waals surface area contributed by atoms with Gasteiger partial charge in [-0.15, -0.1) is 0 Å². The fourth-order valence-corrected chi connectivity index (χ4v) is 4.33. The molecule has 0 saturated carbocycles. The lowest BCUT2D eigenvalue weighted by atomic mass is 9.99. The van der Waals surface area contributed by atoms with Crippen LogP contribution in [0.4, 0.5) is 17.1 Å². The molecule has 3 amide bonds. The van der Waals surface area contributed by atoms with Crippen LogP contribution in [0.1, 0.15) is 58.1 Å². The van der Waals surface area contributed by atoms with E-state index in [1.54, 1.807) is 30.3 Å². The summed E-state index contributed by atoms with van der Waals surface area (Å²) in [4.78, 5) is 63.2. The maximum atomic E-state index is 13.2. The van der Waals surface area contributed by atoms with Crippen molar-refractivity contribution in [2.24, 2.45) is 0 Å². The Kier molecular flexibility index (Phi) is 6.33. The molecule has 0 saturated heterocycles. The van der Waals surface area contributed by atoms with Gasteiger partial charge in [-0.25, -0.2) is 4.90 Å². The Bertz CT molecular complexity index is 1710. The molecule has 0 aliphatic carbocycles. The van der Waals surface area contributed by atoms with Crippen molar-refractivity contribution >= 4 is 40.6 Å². The number of aryl methyl sites for hydroxylation is 2. The molecule has 1 aliphatic heterocycles. The molecule has 0 unspecified atom stereocenters. The number of benzene rings is 4. The number of nitrogens with one attached hydrogen (secondary N) is 1. The third kappa shape index (κ3) is 4.69. The Balaban J connectivity index is 1.35. The second-order valence-corrected chi connectivity index (χ2v) is 9.14. The van der Waals surface area contributed by atoms with Crippen molar-refractivity contribution in [3.8, 4) is 0 Å². The summed E-state index contributed by atoms with van der Waals surface area (Å²) in [6.07, 6.45) is 0.